The molecule has 2 nitrogen and oxygen atoms in total. The molecule has 1 aromatic heterocycles. The normalized spacial score (nSPS) is 10.6. The van der Waals surface area contributed by atoms with Gasteiger partial charge in [0.1, 0.15) is 4.64 Å². The van der Waals surface area contributed by atoms with E-state index in [1.54, 1.807) is 6.33 Å². The molecule has 0 bridgehead atoms. The summed E-state index contributed by atoms with van der Waals surface area (Å²) in [6.07, 6.45) is 3.89. The van der Waals surface area contributed by atoms with Crippen LogP contribution in [0.5, 0.6) is 0 Å². The number of rotatable bonds is 2. The Morgan fingerprint density at radius 3 is 3.07 bits per heavy atom. The average Bonchev–Trinajstić information content (AvgIpc) is 2.20. The van der Waals surface area contributed by atoms with E-state index in [2.05, 4.69) is 35.1 Å². The molecule has 2 rings (SSSR count). The van der Waals surface area contributed by atoms with Crippen LogP contribution in [0.2, 0.25) is 0 Å². The molecule has 0 amide bonds. The second-order valence-electron chi connectivity index (χ2n) is 3.34. The van der Waals surface area contributed by atoms with Crippen LogP contribution in [0.15, 0.2) is 24.5 Å². The first kappa shape index (κ1) is 9.34. The van der Waals surface area contributed by atoms with E-state index in [-0.39, 0.29) is 0 Å². The number of H-pyrrole nitrogens is 1. The zero-order valence-electron chi connectivity index (χ0n) is 8.08. The van der Waals surface area contributed by atoms with E-state index < -0.39 is 0 Å². The van der Waals surface area contributed by atoms with Crippen LogP contribution in [-0.2, 0) is 6.42 Å². The van der Waals surface area contributed by atoms with Gasteiger partial charge in [0.25, 0.3) is 0 Å². The molecular formula is C11H12N2S. The van der Waals surface area contributed by atoms with E-state index in [1.165, 1.54) is 5.56 Å². The van der Waals surface area contributed by atoms with Crippen molar-refractivity contribution >= 4 is 23.1 Å². The number of hydrogen-bond donors (Lipinski definition) is 1. The fraction of sp³-hybridized carbons (Fsp3) is 0.273. The Kier molecular flexibility index (Phi) is 2.59. The van der Waals surface area contributed by atoms with E-state index in [4.69, 9.17) is 12.2 Å². The summed E-state index contributed by atoms with van der Waals surface area (Å²) >= 11 is 5.17. The van der Waals surface area contributed by atoms with Crippen molar-refractivity contribution in [1.29, 1.82) is 0 Å². The van der Waals surface area contributed by atoms with Crippen LogP contribution in [0.3, 0.4) is 0 Å². The van der Waals surface area contributed by atoms with Gasteiger partial charge in [-0.05, 0) is 24.1 Å². The van der Waals surface area contributed by atoms with Gasteiger partial charge < -0.3 is 4.98 Å². The lowest BCUT2D eigenvalue weighted by atomic mass is 10.1. The molecule has 2 aromatic rings. The van der Waals surface area contributed by atoms with Crippen molar-refractivity contribution in [2.24, 2.45) is 0 Å². The SMILES string of the molecule is CCCc1ccc2[nH]cnc(=S)c2c1. The summed E-state index contributed by atoms with van der Waals surface area (Å²) in [5.74, 6) is 0. The molecule has 0 aliphatic carbocycles. The van der Waals surface area contributed by atoms with Gasteiger partial charge >= 0.3 is 0 Å². The van der Waals surface area contributed by atoms with Crippen molar-refractivity contribution in [2.45, 2.75) is 19.8 Å². The monoisotopic (exact) mass is 204 g/mol. The van der Waals surface area contributed by atoms with Gasteiger partial charge in [-0.3, -0.25) is 0 Å². The topological polar surface area (TPSA) is 28.7 Å². The van der Waals surface area contributed by atoms with Crippen molar-refractivity contribution in [3.05, 3.63) is 34.7 Å². The van der Waals surface area contributed by atoms with Crippen molar-refractivity contribution in [2.75, 3.05) is 0 Å². The van der Waals surface area contributed by atoms with E-state index in [1.807, 2.05) is 0 Å². The standard InChI is InChI=1S/C11H12N2S/c1-2-3-8-4-5-10-9(6-8)11(14)13-7-12-10/h4-7H,2-3H2,1H3,(H,12,13,14). The molecule has 0 saturated carbocycles. The van der Waals surface area contributed by atoms with Gasteiger partial charge in [-0.2, -0.15) is 0 Å². The van der Waals surface area contributed by atoms with Gasteiger partial charge in [0, 0.05) is 10.9 Å². The molecule has 0 radical (unpaired) electrons. The third-order valence-corrected chi connectivity index (χ3v) is 2.58. The van der Waals surface area contributed by atoms with E-state index >= 15 is 0 Å². The minimum Gasteiger partial charge on any atom is -0.346 e. The fourth-order valence-electron chi connectivity index (χ4n) is 1.57. The highest BCUT2D eigenvalue weighted by Crippen LogP contribution is 2.14. The third-order valence-electron chi connectivity index (χ3n) is 2.25. The van der Waals surface area contributed by atoms with Crippen LogP contribution >= 0.6 is 12.2 Å². The van der Waals surface area contributed by atoms with Crippen LogP contribution in [-0.4, -0.2) is 9.97 Å². The Balaban J connectivity index is 2.64. The molecule has 0 fully saturated rings. The summed E-state index contributed by atoms with van der Waals surface area (Å²) in [5, 5.41) is 1.05. The van der Waals surface area contributed by atoms with Crippen LogP contribution in [0.1, 0.15) is 18.9 Å². The second-order valence-corrected chi connectivity index (χ2v) is 3.72. The first-order valence-electron chi connectivity index (χ1n) is 4.77. The summed E-state index contributed by atoms with van der Waals surface area (Å²) in [6, 6.07) is 6.33. The number of fused-ring (bicyclic) bond motifs is 1. The summed E-state index contributed by atoms with van der Waals surface area (Å²) in [6.45, 7) is 2.17. The van der Waals surface area contributed by atoms with Gasteiger partial charge in [-0.1, -0.05) is 31.6 Å². The zero-order chi connectivity index (χ0) is 9.97. The van der Waals surface area contributed by atoms with Gasteiger partial charge in [-0.15, -0.1) is 0 Å². The molecular weight excluding hydrogens is 192 g/mol. The number of nitrogens with zero attached hydrogens (tertiary/aromatic N) is 1. The molecule has 0 saturated heterocycles. The predicted molar refractivity (Wildman–Crippen MR) is 60.9 cm³/mol. The minimum atomic E-state index is 0.678. The smallest absolute Gasteiger partial charge is 0.137 e. The maximum absolute atomic E-state index is 5.17. The van der Waals surface area contributed by atoms with E-state index in [9.17, 15) is 0 Å². The van der Waals surface area contributed by atoms with Crippen molar-refractivity contribution < 1.29 is 0 Å². The highest BCUT2D eigenvalue weighted by atomic mass is 32.1. The summed E-state index contributed by atoms with van der Waals surface area (Å²) in [4.78, 5) is 7.15. The second kappa shape index (κ2) is 3.88. The Bertz CT molecular complexity index is 502. The predicted octanol–water partition coefficient (Wildman–Crippen LogP) is 3.24. The van der Waals surface area contributed by atoms with Gasteiger partial charge in [0.15, 0.2) is 0 Å². The molecule has 0 aliphatic heterocycles. The molecule has 0 aliphatic rings. The third kappa shape index (κ3) is 1.68. The number of hydrogen-bond acceptors (Lipinski definition) is 2. The fourth-order valence-corrected chi connectivity index (χ4v) is 1.79. The first-order valence-corrected chi connectivity index (χ1v) is 5.18. The molecule has 1 heterocycles. The van der Waals surface area contributed by atoms with Crippen LogP contribution in [0.25, 0.3) is 10.9 Å². The Labute approximate surface area is 88.0 Å². The molecule has 1 aromatic carbocycles. The van der Waals surface area contributed by atoms with Gasteiger partial charge in [-0.25, -0.2) is 4.98 Å². The molecule has 3 heteroatoms. The van der Waals surface area contributed by atoms with Gasteiger partial charge in [0.2, 0.25) is 0 Å². The molecule has 72 valence electrons. The first-order chi connectivity index (χ1) is 6.81. The lowest BCUT2D eigenvalue weighted by molar-refractivity contribution is 0.923. The molecule has 0 spiro atoms. The Morgan fingerprint density at radius 2 is 2.29 bits per heavy atom. The highest BCUT2D eigenvalue weighted by molar-refractivity contribution is 7.71. The van der Waals surface area contributed by atoms with Crippen molar-refractivity contribution in [3.63, 3.8) is 0 Å². The lowest BCUT2D eigenvalue weighted by Crippen LogP contribution is -1.87. The summed E-state index contributed by atoms with van der Waals surface area (Å²) < 4.78 is 0.678. The van der Waals surface area contributed by atoms with Crippen LogP contribution in [0.4, 0.5) is 0 Å². The van der Waals surface area contributed by atoms with Crippen molar-refractivity contribution in [1.82, 2.24) is 9.97 Å². The zero-order valence-corrected chi connectivity index (χ0v) is 8.90. The molecule has 0 atom stereocenters. The van der Waals surface area contributed by atoms with E-state index in [0.717, 1.165) is 23.7 Å². The number of aryl methyl sites for hydroxylation is 1. The maximum atomic E-state index is 5.17. The molecule has 0 unspecified atom stereocenters. The maximum Gasteiger partial charge on any atom is 0.137 e. The Hall–Kier alpha value is -1.22. The largest absolute Gasteiger partial charge is 0.346 e. The number of aromatic amines is 1. The molecule has 1 N–H and O–H groups in total. The summed E-state index contributed by atoms with van der Waals surface area (Å²) in [7, 11) is 0. The van der Waals surface area contributed by atoms with Gasteiger partial charge in [0.05, 0.1) is 6.33 Å². The lowest BCUT2D eigenvalue weighted by Gasteiger charge is -2.01. The number of nitrogens with one attached hydrogen (secondary N) is 1. The number of benzene rings is 1. The molecule has 14 heavy (non-hydrogen) atoms. The number of aromatic nitrogens is 2. The Morgan fingerprint density at radius 1 is 1.43 bits per heavy atom. The summed E-state index contributed by atoms with van der Waals surface area (Å²) in [5.41, 5.74) is 2.39. The van der Waals surface area contributed by atoms with E-state index in [0.29, 0.717) is 4.64 Å². The average molecular weight is 204 g/mol. The van der Waals surface area contributed by atoms with Crippen molar-refractivity contribution in [3.8, 4) is 0 Å². The highest BCUT2D eigenvalue weighted by Gasteiger charge is 1.97. The minimum absolute atomic E-state index is 0.678. The van der Waals surface area contributed by atoms with Crippen LogP contribution < -0.4 is 0 Å². The quantitative estimate of drug-likeness (QED) is 0.761. The van der Waals surface area contributed by atoms with Crippen LogP contribution in [0, 0.1) is 4.64 Å².